The van der Waals surface area contributed by atoms with Gasteiger partial charge >= 0.3 is 5.97 Å². The molecule has 0 radical (unpaired) electrons. The Morgan fingerprint density at radius 3 is 2.24 bits per heavy atom. The number of hydrogen-bond acceptors (Lipinski definition) is 11. The molecular weight excluding hydrogens is 444 g/mol. The largest absolute Gasteiger partial charge is 0.333 e. The van der Waals surface area contributed by atoms with E-state index in [-0.39, 0.29) is 38.0 Å². The minimum atomic E-state index is -0.745. The smallest absolute Gasteiger partial charge is 0.330 e. The molecule has 1 fully saturated rings. The van der Waals surface area contributed by atoms with Gasteiger partial charge in [0.2, 0.25) is 5.91 Å². The van der Waals surface area contributed by atoms with Crippen molar-refractivity contribution in [3.63, 3.8) is 0 Å². The Bertz CT molecular complexity index is 1150. The number of carbonyl (C=O) groups is 4. The van der Waals surface area contributed by atoms with E-state index in [0.717, 1.165) is 0 Å². The van der Waals surface area contributed by atoms with Gasteiger partial charge in [-0.05, 0) is 30.7 Å². The molecule has 3 N–H and O–H groups in total. The number of nitrogens with zero attached hydrogens (tertiary/aromatic N) is 5. The third-order valence-corrected chi connectivity index (χ3v) is 4.73. The molecule has 0 aliphatic carbocycles. The molecule has 0 unspecified atom stereocenters. The van der Waals surface area contributed by atoms with E-state index in [1.54, 1.807) is 30.5 Å². The second-order valence-electron chi connectivity index (χ2n) is 7.24. The number of aromatic nitrogens is 2. The zero-order chi connectivity index (χ0) is 23.9. The Labute approximate surface area is 193 Å². The highest BCUT2D eigenvalue weighted by molar-refractivity contribution is 6.04. The van der Waals surface area contributed by atoms with Gasteiger partial charge in [0.1, 0.15) is 11.4 Å². The van der Waals surface area contributed by atoms with E-state index in [1.807, 2.05) is 6.07 Å². The number of amides is 3. The predicted molar refractivity (Wildman–Crippen MR) is 117 cm³/mol. The van der Waals surface area contributed by atoms with Crippen LogP contribution in [0.15, 0.2) is 52.9 Å². The molecule has 2 aliphatic heterocycles. The number of nitrogens with one attached hydrogen (secondary N) is 3. The Balaban J connectivity index is 1.20. The molecule has 2 aliphatic rings. The third kappa shape index (κ3) is 5.56. The molecule has 1 saturated heterocycles. The molecule has 0 aromatic carbocycles. The van der Waals surface area contributed by atoms with Crippen molar-refractivity contribution in [1.82, 2.24) is 25.9 Å². The number of hydrazone groups is 2. The van der Waals surface area contributed by atoms with Gasteiger partial charge in [0.25, 0.3) is 11.8 Å². The lowest BCUT2D eigenvalue weighted by Gasteiger charge is -2.14. The number of hydrogen-bond donors (Lipinski definition) is 3. The first-order chi connectivity index (χ1) is 16.5. The van der Waals surface area contributed by atoms with E-state index in [9.17, 15) is 19.2 Å². The number of amidine groups is 2. The van der Waals surface area contributed by atoms with Crippen LogP contribution in [-0.4, -0.2) is 50.4 Å². The fraction of sp³-hybridized carbons (Fsp3) is 0.238. The molecular formula is C21H20N8O5. The van der Waals surface area contributed by atoms with Crippen molar-refractivity contribution in [1.29, 1.82) is 0 Å². The van der Waals surface area contributed by atoms with Crippen LogP contribution in [0.2, 0.25) is 0 Å². The molecule has 4 rings (SSSR count). The Hall–Kier alpha value is -4.68. The number of carbonyl (C=O) groups excluding carboxylic acids is 4. The Morgan fingerprint density at radius 1 is 0.941 bits per heavy atom. The highest BCUT2D eigenvalue weighted by Gasteiger charge is 2.32. The van der Waals surface area contributed by atoms with E-state index in [4.69, 9.17) is 4.84 Å². The number of rotatable bonds is 8. The summed E-state index contributed by atoms with van der Waals surface area (Å²) in [6, 6.07) is 8.75. The first-order valence-electron chi connectivity index (χ1n) is 10.4. The molecule has 34 heavy (non-hydrogen) atoms. The number of pyridine rings is 2. The summed E-state index contributed by atoms with van der Waals surface area (Å²) in [6.07, 6.45) is 3.30. The van der Waals surface area contributed by atoms with Crippen molar-refractivity contribution in [2.24, 2.45) is 10.2 Å². The first-order valence-corrected chi connectivity index (χ1v) is 10.4. The van der Waals surface area contributed by atoms with E-state index < -0.39 is 17.8 Å². The maximum absolute atomic E-state index is 12.1. The summed E-state index contributed by atoms with van der Waals surface area (Å²) >= 11 is 0. The molecule has 174 valence electrons. The van der Waals surface area contributed by atoms with E-state index >= 15 is 0 Å². The highest BCUT2D eigenvalue weighted by Crippen LogP contribution is 2.14. The van der Waals surface area contributed by atoms with Gasteiger partial charge in [-0.25, -0.2) is 4.79 Å². The van der Waals surface area contributed by atoms with Crippen molar-refractivity contribution in [3.8, 4) is 0 Å². The molecule has 0 bridgehead atoms. The minimum Gasteiger partial charge on any atom is -0.330 e. The topological polar surface area (TPSA) is 167 Å². The number of imide groups is 1. The molecule has 2 aromatic rings. The van der Waals surface area contributed by atoms with Crippen molar-refractivity contribution >= 4 is 41.0 Å². The summed E-state index contributed by atoms with van der Waals surface area (Å²) in [6.45, 7) is 0. The molecule has 2 aromatic heterocycles. The lowest BCUT2D eigenvalue weighted by Crippen LogP contribution is -2.35. The lowest BCUT2D eigenvalue weighted by atomic mass is 10.2. The molecule has 3 amide bonds. The van der Waals surface area contributed by atoms with Crippen LogP contribution in [0.1, 0.15) is 43.5 Å². The zero-order valence-corrected chi connectivity index (χ0v) is 17.9. The summed E-state index contributed by atoms with van der Waals surface area (Å²) in [5.41, 5.74) is 7.23. The average molecular weight is 464 g/mol. The first kappa shape index (κ1) is 22.5. The van der Waals surface area contributed by atoms with Gasteiger partial charge in [-0.2, -0.15) is 10.2 Å². The summed E-state index contributed by atoms with van der Waals surface area (Å²) < 4.78 is 0. The van der Waals surface area contributed by atoms with Gasteiger partial charge in [0, 0.05) is 31.9 Å². The van der Waals surface area contributed by atoms with Crippen LogP contribution in [0.25, 0.3) is 0 Å². The summed E-state index contributed by atoms with van der Waals surface area (Å²) in [4.78, 5) is 60.0. The second kappa shape index (κ2) is 10.3. The van der Waals surface area contributed by atoms with Gasteiger partial charge in [-0.1, -0.05) is 6.07 Å². The second-order valence-corrected chi connectivity index (χ2v) is 7.24. The Kier molecular flexibility index (Phi) is 6.81. The fourth-order valence-corrected chi connectivity index (χ4v) is 3.03. The van der Waals surface area contributed by atoms with E-state index in [1.165, 1.54) is 6.20 Å². The highest BCUT2D eigenvalue weighted by atomic mass is 16.7. The SMILES string of the molecule is O=C(CCCC(=O)ON1C(=O)CCC1=O)Nc1ccc(C2=NNC(c3ccccn3)=NN2)nc1. The predicted octanol–water partition coefficient (Wildman–Crippen LogP) is 0.409. The summed E-state index contributed by atoms with van der Waals surface area (Å²) in [5.74, 6) is -1.29. The summed E-state index contributed by atoms with van der Waals surface area (Å²) in [7, 11) is 0. The maximum Gasteiger partial charge on any atom is 0.333 e. The molecule has 0 spiro atoms. The van der Waals surface area contributed by atoms with Gasteiger partial charge < -0.3 is 10.2 Å². The van der Waals surface area contributed by atoms with Crippen LogP contribution in [-0.2, 0) is 24.0 Å². The van der Waals surface area contributed by atoms with Crippen LogP contribution in [0.4, 0.5) is 5.69 Å². The quantitative estimate of drug-likeness (QED) is 0.469. The van der Waals surface area contributed by atoms with Crippen LogP contribution in [0.3, 0.4) is 0 Å². The van der Waals surface area contributed by atoms with Gasteiger partial charge in [-0.15, -0.1) is 5.06 Å². The minimum absolute atomic E-state index is 0.0285. The lowest BCUT2D eigenvalue weighted by molar-refractivity contribution is -0.197. The average Bonchev–Trinajstić information content (AvgIpc) is 3.17. The molecule has 13 nitrogen and oxygen atoms in total. The maximum atomic E-state index is 12.1. The van der Waals surface area contributed by atoms with Crippen molar-refractivity contribution in [2.75, 3.05) is 5.32 Å². The fourth-order valence-electron chi connectivity index (χ4n) is 3.03. The third-order valence-electron chi connectivity index (χ3n) is 4.73. The van der Waals surface area contributed by atoms with Gasteiger partial charge in [0.15, 0.2) is 11.7 Å². The van der Waals surface area contributed by atoms with Gasteiger partial charge in [0.05, 0.1) is 11.9 Å². The van der Waals surface area contributed by atoms with Crippen LogP contribution in [0.5, 0.6) is 0 Å². The number of anilines is 1. The monoisotopic (exact) mass is 464 g/mol. The normalized spacial score (nSPS) is 15.1. The molecule has 0 atom stereocenters. The van der Waals surface area contributed by atoms with Crippen LogP contribution < -0.4 is 16.2 Å². The van der Waals surface area contributed by atoms with Gasteiger partial charge in [-0.3, -0.25) is 35.2 Å². The van der Waals surface area contributed by atoms with Crippen LogP contribution >= 0.6 is 0 Å². The molecule has 4 heterocycles. The van der Waals surface area contributed by atoms with E-state index in [0.29, 0.717) is 33.8 Å². The molecule has 0 saturated carbocycles. The van der Waals surface area contributed by atoms with Crippen molar-refractivity contribution in [3.05, 3.63) is 54.1 Å². The van der Waals surface area contributed by atoms with Crippen LogP contribution in [0, 0.1) is 0 Å². The summed E-state index contributed by atoms with van der Waals surface area (Å²) in [5, 5.41) is 11.6. The zero-order valence-electron chi connectivity index (χ0n) is 17.9. The number of hydroxylamine groups is 2. The Morgan fingerprint density at radius 2 is 1.65 bits per heavy atom. The standard InChI is InChI=1S/C21H20N8O5/c30-16(5-3-6-19(33)34-29-17(31)9-10-18(29)32)24-13-7-8-15(23-12-13)21-27-25-20(26-28-21)14-4-1-2-11-22-14/h1-2,4,7-8,11-12H,3,5-6,9-10H2,(H,24,30)(H,25,26)(H,27,28). The van der Waals surface area contributed by atoms with E-state index in [2.05, 4.69) is 36.3 Å². The van der Waals surface area contributed by atoms with Crippen molar-refractivity contribution in [2.45, 2.75) is 32.1 Å². The van der Waals surface area contributed by atoms with Crippen molar-refractivity contribution < 1.29 is 24.0 Å². The molecule has 13 heteroatoms.